The number of nitrogens with one attached hydrogen (secondary N) is 2. The normalized spacial score (nSPS) is 14.3. The molecule has 2 N–H and O–H groups in total. The van der Waals surface area contributed by atoms with Gasteiger partial charge in [0.2, 0.25) is 0 Å². The highest BCUT2D eigenvalue weighted by atomic mass is 14.9. The van der Waals surface area contributed by atoms with Crippen LogP contribution in [0, 0.1) is 11.3 Å². The fraction of sp³-hybridized carbons (Fsp3) is 0.727. The number of nitrogens with zero attached hydrogens (tertiary/aromatic N) is 1. The van der Waals surface area contributed by atoms with Crippen LogP contribution in [0.2, 0.25) is 0 Å². The summed E-state index contributed by atoms with van der Waals surface area (Å²) in [5.41, 5.74) is 1.52. The second kappa shape index (κ2) is 4.60. The van der Waals surface area contributed by atoms with Crippen LogP contribution in [0.15, 0.2) is 12.5 Å². The van der Waals surface area contributed by atoms with Gasteiger partial charge in [-0.2, -0.15) is 0 Å². The third-order valence-corrected chi connectivity index (χ3v) is 2.80. The van der Waals surface area contributed by atoms with E-state index >= 15 is 0 Å². The van der Waals surface area contributed by atoms with Gasteiger partial charge in [-0.05, 0) is 17.9 Å². The van der Waals surface area contributed by atoms with Crippen molar-refractivity contribution in [2.24, 2.45) is 11.3 Å². The Morgan fingerprint density at radius 3 is 2.71 bits per heavy atom. The minimum Gasteiger partial charge on any atom is -0.347 e. The number of H-pyrrole nitrogens is 1. The van der Waals surface area contributed by atoms with Crippen molar-refractivity contribution < 1.29 is 0 Å². The topological polar surface area (TPSA) is 40.7 Å². The summed E-state index contributed by atoms with van der Waals surface area (Å²) in [7, 11) is 0. The molecule has 0 aliphatic carbocycles. The lowest BCUT2D eigenvalue weighted by atomic mass is 9.82. The molecule has 0 aliphatic rings. The highest BCUT2D eigenvalue weighted by Crippen LogP contribution is 2.24. The summed E-state index contributed by atoms with van der Waals surface area (Å²) in [6, 6.07) is 0. The smallest absolute Gasteiger partial charge is 0.0922 e. The first kappa shape index (κ1) is 11.2. The van der Waals surface area contributed by atoms with Gasteiger partial charge in [0, 0.05) is 18.4 Å². The van der Waals surface area contributed by atoms with Gasteiger partial charge in [0.25, 0.3) is 0 Å². The van der Waals surface area contributed by atoms with Gasteiger partial charge in [-0.15, -0.1) is 0 Å². The van der Waals surface area contributed by atoms with Gasteiger partial charge in [0.15, 0.2) is 0 Å². The quantitative estimate of drug-likeness (QED) is 0.773. The number of aromatic nitrogens is 2. The molecule has 0 amide bonds. The third-order valence-electron chi connectivity index (χ3n) is 2.80. The van der Waals surface area contributed by atoms with Crippen molar-refractivity contribution in [3.63, 3.8) is 0 Å². The minimum absolute atomic E-state index is 0.376. The van der Waals surface area contributed by atoms with Gasteiger partial charge in [0.05, 0.1) is 6.33 Å². The molecule has 1 heterocycles. The summed E-state index contributed by atoms with van der Waals surface area (Å²) in [5, 5.41) is 3.42. The molecule has 14 heavy (non-hydrogen) atoms. The lowest BCUT2D eigenvalue weighted by Crippen LogP contribution is -2.29. The highest BCUT2D eigenvalue weighted by Gasteiger charge is 2.18. The fourth-order valence-electron chi connectivity index (χ4n) is 1.11. The first-order valence-corrected chi connectivity index (χ1v) is 5.18. The molecule has 3 heteroatoms. The van der Waals surface area contributed by atoms with E-state index in [2.05, 4.69) is 43.0 Å². The monoisotopic (exact) mass is 195 g/mol. The largest absolute Gasteiger partial charge is 0.347 e. The second-order valence-electron chi connectivity index (χ2n) is 4.97. The lowest BCUT2D eigenvalue weighted by molar-refractivity contribution is 0.252. The van der Waals surface area contributed by atoms with E-state index in [1.807, 2.05) is 6.20 Å². The van der Waals surface area contributed by atoms with E-state index in [0.29, 0.717) is 11.3 Å². The molecule has 1 aromatic rings. The summed E-state index contributed by atoms with van der Waals surface area (Å²) < 4.78 is 0. The van der Waals surface area contributed by atoms with Crippen LogP contribution in [0.5, 0.6) is 0 Å². The summed E-state index contributed by atoms with van der Waals surface area (Å²) >= 11 is 0. The van der Waals surface area contributed by atoms with Gasteiger partial charge in [-0.1, -0.05) is 27.7 Å². The Bertz CT molecular complexity index is 246. The number of hydrogen-bond acceptors (Lipinski definition) is 2. The molecule has 0 radical (unpaired) electrons. The van der Waals surface area contributed by atoms with Crippen molar-refractivity contribution in [1.82, 2.24) is 15.3 Å². The summed E-state index contributed by atoms with van der Waals surface area (Å²) in [5.74, 6) is 0.672. The van der Waals surface area contributed by atoms with Crippen LogP contribution < -0.4 is 5.32 Å². The minimum atomic E-state index is 0.376. The van der Waals surface area contributed by atoms with Crippen molar-refractivity contribution in [3.05, 3.63) is 18.2 Å². The molecule has 0 saturated carbocycles. The van der Waals surface area contributed by atoms with Crippen LogP contribution in [0.25, 0.3) is 0 Å². The average molecular weight is 195 g/mol. The van der Waals surface area contributed by atoms with Crippen molar-refractivity contribution in [2.75, 3.05) is 6.54 Å². The Morgan fingerprint density at radius 2 is 2.21 bits per heavy atom. The zero-order valence-electron chi connectivity index (χ0n) is 9.59. The van der Waals surface area contributed by atoms with E-state index in [0.717, 1.165) is 18.8 Å². The summed E-state index contributed by atoms with van der Waals surface area (Å²) in [6.07, 6.45) is 3.57. The van der Waals surface area contributed by atoms with Crippen LogP contribution in [0.1, 0.15) is 33.4 Å². The zero-order valence-corrected chi connectivity index (χ0v) is 9.59. The van der Waals surface area contributed by atoms with Crippen molar-refractivity contribution >= 4 is 0 Å². The van der Waals surface area contributed by atoms with Crippen molar-refractivity contribution in [2.45, 2.75) is 34.2 Å². The van der Waals surface area contributed by atoms with Crippen LogP contribution in [0.3, 0.4) is 0 Å². The predicted octanol–water partition coefficient (Wildman–Crippen LogP) is 2.18. The maximum Gasteiger partial charge on any atom is 0.0922 e. The number of rotatable bonds is 4. The first-order valence-electron chi connectivity index (χ1n) is 5.18. The number of imidazole rings is 1. The number of hydrogen-bond donors (Lipinski definition) is 2. The van der Waals surface area contributed by atoms with E-state index in [1.165, 1.54) is 0 Å². The second-order valence-corrected chi connectivity index (χ2v) is 4.97. The fourth-order valence-corrected chi connectivity index (χ4v) is 1.11. The Morgan fingerprint density at radius 1 is 1.50 bits per heavy atom. The predicted molar refractivity (Wildman–Crippen MR) is 58.9 cm³/mol. The Labute approximate surface area is 86.3 Å². The van der Waals surface area contributed by atoms with Gasteiger partial charge in [-0.3, -0.25) is 0 Å². The van der Waals surface area contributed by atoms with Gasteiger partial charge in [0.1, 0.15) is 0 Å². The van der Waals surface area contributed by atoms with Crippen LogP contribution in [0.4, 0.5) is 0 Å². The van der Waals surface area contributed by atoms with E-state index in [1.54, 1.807) is 6.33 Å². The van der Waals surface area contributed by atoms with E-state index < -0.39 is 0 Å². The molecule has 0 fully saturated rings. The van der Waals surface area contributed by atoms with E-state index in [9.17, 15) is 0 Å². The van der Waals surface area contributed by atoms with Crippen molar-refractivity contribution in [1.29, 1.82) is 0 Å². The highest BCUT2D eigenvalue weighted by molar-refractivity contribution is 4.93. The lowest BCUT2D eigenvalue weighted by Gasteiger charge is -2.27. The molecule has 3 nitrogen and oxygen atoms in total. The van der Waals surface area contributed by atoms with Crippen LogP contribution >= 0.6 is 0 Å². The summed E-state index contributed by atoms with van der Waals surface area (Å²) in [6.45, 7) is 11.0. The first-order chi connectivity index (χ1) is 6.50. The van der Waals surface area contributed by atoms with Gasteiger partial charge < -0.3 is 10.3 Å². The van der Waals surface area contributed by atoms with E-state index in [4.69, 9.17) is 0 Å². The molecule has 0 spiro atoms. The summed E-state index contributed by atoms with van der Waals surface area (Å²) in [4.78, 5) is 7.05. The van der Waals surface area contributed by atoms with Gasteiger partial charge >= 0.3 is 0 Å². The maximum absolute atomic E-state index is 3.97. The molecule has 1 unspecified atom stereocenters. The van der Waals surface area contributed by atoms with Crippen LogP contribution in [-0.2, 0) is 6.54 Å². The van der Waals surface area contributed by atoms with Crippen LogP contribution in [-0.4, -0.2) is 16.5 Å². The molecule has 0 aromatic carbocycles. The SMILES string of the molecule is CC(CNCc1cnc[nH]1)C(C)(C)C. The Hall–Kier alpha value is -0.830. The molecule has 1 aromatic heterocycles. The average Bonchev–Trinajstić information content (AvgIpc) is 2.55. The Balaban J connectivity index is 2.22. The molecule has 1 atom stereocenters. The number of aromatic amines is 1. The third kappa shape index (κ3) is 3.50. The maximum atomic E-state index is 3.97. The molecule has 0 saturated heterocycles. The molecular formula is C11H21N3. The molecule has 0 bridgehead atoms. The molecule has 80 valence electrons. The van der Waals surface area contributed by atoms with Gasteiger partial charge in [-0.25, -0.2) is 4.98 Å². The van der Waals surface area contributed by atoms with Crippen molar-refractivity contribution in [3.8, 4) is 0 Å². The standard InChI is InChI=1S/C11H21N3/c1-9(11(2,3)4)5-12-6-10-7-13-8-14-10/h7-9,12H,5-6H2,1-4H3,(H,13,14). The Kier molecular flexibility index (Phi) is 3.69. The molecular weight excluding hydrogens is 174 g/mol. The van der Waals surface area contributed by atoms with E-state index in [-0.39, 0.29) is 0 Å². The molecule has 1 rings (SSSR count). The molecule has 0 aliphatic heterocycles. The zero-order chi connectivity index (χ0) is 10.6.